The molecule has 0 fully saturated rings. The maximum absolute atomic E-state index is 12.1. The van der Waals surface area contributed by atoms with Crippen LogP contribution in [0.4, 0.5) is 5.69 Å². The second kappa shape index (κ2) is 8.13. The summed E-state index contributed by atoms with van der Waals surface area (Å²) >= 11 is 1.42. The molecule has 3 aromatic rings. The van der Waals surface area contributed by atoms with Crippen molar-refractivity contribution in [1.29, 1.82) is 0 Å². The number of aromatic nitrogens is 5. The fraction of sp³-hybridized carbons (Fsp3) is 0.353. The van der Waals surface area contributed by atoms with Crippen molar-refractivity contribution in [1.82, 2.24) is 25.3 Å². The highest BCUT2D eigenvalue weighted by molar-refractivity contribution is 7.98. The number of H-pyrrole nitrogens is 1. The molecule has 9 heteroatoms. The van der Waals surface area contributed by atoms with E-state index in [-0.39, 0.29) is 12.3 Å². The van der Waals surface area contributed by atoms with Crippen LogP contribution in [0.5, 0.6) is 0 Å². The third-order valence-electron chi connectivity index (χ3n) is 3.49. The van der Waals surface area contributed by atoms with Gasteiger partial charge in [0, 0.05) is 18.5 Å². The van der Waals surface area contributed by atoms with E-state index in [9.17, 15) is 4.79 Å². The van der Waals surface area contributed by atoms with Crippen molar-refractivity contribution in [3.05, 3.63) is 46.9 Å². The Bertz CT molecular complexity index is 884. The van der Waals surface area contributed by atoms with E-state index in [1.165, 1.54) is 11.8 Å². The van der Waals surface area contributed by atoms with Crippen LogP contribution in [0.2, 0.25) is 0 Å². The Balaban J connectivity index is 1.47. The van der Waals surface area contributed by atoms with Crippen LogP contribution < -0.4 is 5.32 Å². The molecule has 136 valence electrons. The molecule has 0 aliphatic carbocycles. The molecule has 2 aromatic heterocycles. The molecular weight excluding hydrogens is 352 g/mol. The lowest BCUT2D eigenvalue weighted by atomic mass is 10.1. The van der Waals surface area contributed by atoms with Crippen LogP contribution in [-0.2, 0) is 17.0 Å². The van der Waals surface area contributed by atoms with Gasteiger partial charge in [-0.15, -0.1) is 5.10 Å². The number of anilines is 1. The van der Waals surface area contributed by atoms with Crippen molar-refractivity contribution in [2.45, 2.75) is 44.5 Å². The molecular formula is C17H20N6O2S. The van der Waals surface area contributed by atoms with Crippen molar-refractivity contribution in [3.8, 4) is 0 Å². The molecule has 0 saturated carbocycles. The lowest BCUT2D eigenvalue weighted by Gasteiger charge is -2.06. The monoisotopic (exact) mass is 372 g/mol. The number of aryl methyl sites for hydroxylation is 4. The highest BCUT2D eigenvalue weighted by Crippen LogP contribution is 2.18. The van der Waals surface area contributed by atoms with Gasteiger partial charge >= 0.3 is 0 Å². The molecule has 1 amide bonds. The Hall–Kier alpha value is -2.68. The lowest BCUT2D eigenvalue weighted by molar-refractivity contribution is -0.116. The number of carbonyl (C=O) groups is 1. The zero-order valence-electron chi connectivity index (χ0n) is 14.9. The smallest absolute Gasteiger partial charge is 0.227 e. The van der Waals surface area contributed by atoms with E-state index in [1.807, 2.05) is 32.9 Å². The summed E-state index contributed by atoms with van der Waals surface area (Å²) in [7, 11) is 0. The van der Waals surface area contributed by atoms with Gasteiger partial charge in [0.05, 0.1) is 5.75 Å². The predicted molar refractivity (Wildman–Crippen MR) is 97.8 cm³/mol. The van der Waals surface area contributed by atoms with Gasteiger partial charge in [-0.3, -0.25) is 9.89 Å². The van der Waals surface area contributed by atoms with E-state index in [0.717, 1.165) is 22.6 Å². The summed E-state index contributed by atoms with van der Waals surface area (Å²) in [6, 6.07) is 5.95. The molecule has 0 radical (unpaired) electrons. The highest BCUT2D eigenvalue weighted by Gasteiger charge is 2.11. The van der Waals surface area contributed by atoms with Gasteiger partial charge in [-0.25, -0.2) is 4.98 Å². The molecule has 1 aromatic carbocycles. The number of amides is 1. The Morgan fingerprint density at radius 3 is 2.65 bits per heavy atom. The van der Waals surface area contributed by atoms with Crippen molar-refractivity contribution in [2.75, 3.05) is 5.32 Å². The summed E-state index contributed by atoms with van der Waals surface area (Å²) in [4.78, 5) is 20.6. The zero-order chi connectivity index (χ0) is 18.5. The predicted octanol–water partition coefficient (Wildman–Crippen LogP) is 2.98. The largest absolute Gasteiger partial charge is 0.339 e. The third kappa shape index (κ3) is 5.16. The number of aromatic amines is 1. The first-order valence-corrected chi connectivity index (χ1v) is 9.18. The number of rotatable bonds is 7. The molecule has 2 heterocycles. The standard InChI is InChI=1S/C17H20N6O2S/c1-10-6-11(2)8-13(7-10)19-15(24)4-5-16-20-14(23-25-16)9-26-17-18-12(3)21-22-17/h6-8H,4-5,9H2,1-3H3,(H,19,24)(H,18,21,22). The number of thioether (sulfide) groups is 1. The minimum absolute atomic E-state index is 0.0830. The van der Waals surface area contributed by atoms with Gasteiger partial charge in [-0.1, -0.05) is 23.0 Å². The van der Waals surface area contributed by atoms with E-state index in [0.29, 0.717) is 29.0 Å². The molecule has 8 nitrogen and oxygen atoms in total. The average molecular weight is 372 g/mol. The van der Waals surface area contributed by atoms with Gasteiger partial charge in [-0.05, 0) is 44.0 Å². The summed E-state index contributed by atoms with van der Waals surface area (Å²) < 4.78 is 5.19. The first-order valence-electron chi connectivity index (χ1n) is 8.19. The minimum atomic E-state index is -0.0830. The van der Waals surface area contributed by atoms with Crippen molar-refractivity contribution < 1.29 is 9.32 Å². The Morgan fingerprint density at radius 2 is 1.96 bits per heavy atom. The molecule has 26 heavy (non-hydrogen) atoms. The maximum Gasteiger partial charge on any atom is 0.227 e. The van der Waals surface area contributed by atoms with Gasteiger partial charge in [-0.2, -0.15) is 4.98 Å². The van der Waals surface area contributed by atoms with Gasteiger partial charge < -0.3 is 9.84 Å². The summed E-state index contributed by atoms with van der Waals surface area (Å²) in [6.07, 6.45) is 0.677. The van der Waals surface area contributed by atoms with Crippen LogP contribution in [-0.4, -0.2) is 31.2 Å². The number of hydrogen-bond donors (Lipinski definition) is 2. The van der Waals surface area contributed by atoms with E-state index >= 15 is 0 Å². The second-order valence-electron chi connectivity index (χ2n) is 6.02. The lowest BCUT2D eigenvalue weighted by Crippen LogP contribution is -2.12. The molecule has 0 aliphatic heterocycles. The average Bonchev–Trinajstić information content (AvgIpc) is 3.18. The van der Waals surface area contributed by atoms with Gasteiger partial charge in [0.2, 0.25) is 17.0 Å². The fourth-order valence-electron chi connectivity index (χ4n) is 2.46. The number of carbonyl (C=O) groups excluding carboxylic acids is 1. The van der Waals surface area contributed by atoms with Crippen molar-refractivity contribution in [3.63, 3.8) is 0 Å². The summed E-state index contributed by atoms with van der Waals surface area (Å²) in [5, 5.41) is 14.3. The molecule has 3 rings (SSSR count). The topological polar surface area (TPSA) is 110 Å². The summed E-state index contributed by atoms with van der Waals surface area (Å²) in [5.74, 6) is 2.19. The third-order valence-corrected chi connectivity index (χ3v) is 4.33. The fourth-order valence-corrected chi connectivity index (χ4v) is 3.14. The molecule has 0 bridgehead atoms. The van der Waals surface area contributed by atoms with E-state index in [4.69, 9.17) is 4.52 Å². The van der Waals surface area contributed by atoms with Crippen LogP contribution in [0, 0.1) is 20.8 Å². The van der Waals surface area contributed by atoms with Crippen LogP contribution in [0.15, 0.2) is 27.9 Å². The van der Waals surface area contributed by atoms with E-state index in [2.05, 4.69) is 36.7 Å². The molecule has 0 saturated heterocycles. The molecule has 0 unspecified atom stereocenters. The van der Waals surface area contributed by atoms with Gasteiger partial charge in [0.1, 0.15) is 5.82 Å². The second-order valence-corrected chi connectivity index (χ2v) is 6.96. The maximum atomic E-state index is 12.1. The van der Waals surface area contributed by atoms with Crippen molar-refractivity contribution in [2.24, 2.45) is 0 Å². The number of nitrogens with one attached hydrogen (secondary N) is 2. The van der Waals surface area contributed by atoms with Crippen LogP contribution >= 0.6 is 11.8 Å². The van der Waals surface area contributed by atoms with E-state index < -0.39 is 0 Å². The van der Waals surface area contributed by atoms with Crippen molar-refractivity contribution >= 4 is 23.4 Å². The SMILES string of the molecule is Cc1cc(C)cc(NC(=O)CCc2nc(CSc3n[nH]c(C)n3)no2)c1. The normalized spacial score (nSPS) is 10.9. The minimum Gasteiger partial charge on any atom is -0.339 e. The Morgan fingerprint density at radius 1 is 1.19 bits per heavy atom. The highest BCUT2D eigenvalue weighted by atomic mass is 32.2. The van der Waals surface area contributed by atoms with Crippen LogP contribution in [0.25, 0.3) is 0 Å². The van der Waals surface area contributed by atoms with Gasteiger partial charge in [0.25, 0.3) is 0 Å². The number of hydrogen-bond acceptors (Lipinski definition) is 7. The Kier molecular flexibility index (Phi) is 5.67. The molecule has 0 spiro atoms. The molecule has 2 N–H and O–H groups in total. The van der Waals surface area contributed by atoms with Crippen LogP contribution in [0.1, 0.15) is 35.1 Å². The first-order chi connectivity index (χ1) is 12.5. The van der Waals surface area contributed by atoms with Gasteiger partial charge in [0.15, 0.2) is 5.82 Å². The Labute approximate surface area is 155 Å². The van der Waals surface area contributed by atoms with E-state index in [1.54, 1.807) is 0 Å². The molecule has 0 aliphatic rings. The zero-order valence-corrected chi connectivity index (χ0v) is 15.7. The number of benzene rings is 1. The quantitative estimate of drug-likeness (QED) is 0.614. The summed E-state index contributed by atoms with van der Waals surface area (Å²) in [6.45, 7) is 5.84. The molecule has 0 atom stereocenters. The first kappa shape index (κ1) is 18.1. The van der Waals surface area contributed by atoms with Crippen LogP contribution in [0.3, 0.4) is 0 Å². The summed E-state index contributed by atoms with van der Waals surface area (Å²) in [5.41, 5.74) is 3.03. The number of nitrogens with zero attached hydrogens (tertiary/aromatic N) is 4.